The van der Waals surface area contributed by atoms with Gasteiger partial charge in [-0.3, -0.25) is 4.79 Å². The van der Waals surface area contributed by atoms with E-state index in [4.69, 9.17) is 4.74 Å². The molecule has 0 saturated heterocycles. The molecule has 1 amide bonds. The summed E-state index contributed by atoms with van der Waals surface area (Å²) in [6, 6.07) is 15.4. The predicted octanol–water partition coefficient (Wildman–Crippen LogP) is 2.78. The lowest BCUT2D eigenvalue weighted by atomic mass is 10.2. The highest BCUT2D eigenvalue weighted by molar-refractivity contribution is 8.00. The van der Waals surface area contributed by atoms with E-state index in [1.807, 2.05) is 62.4 Å². The maximum absolute atomic E-state index is 12.5. The highest BCUT2D eigenvalue weighted by Gasteiger charge is 2.20. The van der Waals surface area contributed by atoms with Gasteiger partial charge in [-0.1, -0.05) is 48.2 Å². The average Bonchev–Trinajstić information content (AvgIpc) is 3.14. The number of aromatic nitrogens is 4. The monoisotopic (exact) mass is 383 g/mol. The van der Waals surface area contributed by atoms with Gasteiger partial charge in [0.1, 0.15) is 5.75 Å². The first-order chi connectivity index (χ1) is 13.1. The van der Waals surface area contributed by atoms with Gasteiger partial charge in [0.25, 0.3) is 0 Å². The molecule has 0 radical (unpaired) electrons. The summed E-state index contributed by atoms with van der Waals surface area (Å²) in [7, 11) is 1.62. The number of nitrogens with one attached hydrogen (secondary N) is 1. The molecule has 1 aromatic heterocycles. The van der Waals surface area contributed by atoms with Crippen molar-refractivity contribution in [3.05, 3.63) is 59.7 Å². The Morgan fingerprint density at radius 3 is 2.74 bits per heavy atom. The van der Waals surface area contributed by atoms with E-state index >= 15 is 0 Å². The molecule has 140 valence electrons. The lowest BCUT2D eigenvalue weighted by Crippen LogP contribution is -2.30. The standard InChI is InChI=1S/C19H21N5O2S/c1-13-8-4-6-10-16(13)24-19(21-22-23-24)27-14(2)18(25)20-12-15-9-5-7-11-17(15)26-3/h4-11,14H,12H2,1-3H3,(H,20,25)/t14-/m1/s1. The molecule has 0 aliphatic heterocycles. The first kappa shape index (κ1) is 18.9. The van der Waals surface area contributed by atoms with Crippen LogP contribution in [0, 0.1) is 6.92 Å². The van der Waals surface area contributed by atoms with Crippen LogP contribution in [-0.4, -0.2) is 38.5 Å². The number of carbonyl (C=O) groups excluding carboxylic acids is 1. The Balaban J connectivity index is 1.66. The summed E-state index contributed by atoms with van der Waals surface area (Å²) >= 11 is 1.32. The number of rotatable bonds is 7. The summed E-state index contributed by atoms with van der Waals surface area (Å²) in [5, 5.41) is 15.1. The molecule has 0 aliphatic rings. The molecule has 7 nitrogen and oxygen atoms in total. The Labute approximate surface area is 162 Å². The molecule has 3 aromatic rings. The average molecular weight is 383 g/mol. The zero-order valence-electron chi connectivity index (χ0n) is 15.4. The van der Waals surface area contributed by atoms with E-state index in [1.165, 1.54) is 11.8 Å². The van der Waals surface area contributed by atoms with Gasteiger partial charge in [-0.25, -0.2) is 0 Å². The summed E-state index contributed by atoms with van der Waals surface area (Å²) in [5.74, 6) is 0.659. The van der Waals surface area contributed by atoms with Gasteiger partial charge >= 0.3 is 0 Å². The summed E-state index contributed by atoms with van der Waals surface area (Å²) in [4.78, 5) is 12.5. The third-order valence-corrected chi connectivity index (χ3v) is 5.11. The third kappa shape index (κ3) is 4.46. The zero-order chi connectivity index (χ0) is 19.2. The van der Waals surface area contributed by atoms with Crippen LogP contribution < -0.4 is 10.1 Å². The van der Waals surface area contributed by atoms with Crippen molar-refractivity contribution in [2.24, 2.45) is 0 Å². The minimum atomic E-state index is -0.353. The Morgan fingerprint density at radius 1 is 1.22 bits per heavy atom. The van der Waals surface area contributed by atoms with Crippen LogP contribution in [0.3, 0.4) is 0 Å². The topological polar surface area (TPSA) is 81.9 Å². The molecule has 0 saturated carbocycles. The molecule has 0 fully saturated rings. The van der Waals surface area contributed by atoms with Gasteiger partial charge in [0.05, 0.1) is 18.0 Å². The maximum atomic E-state index is 12.5. The molecule has 27 heavy (non-hydrogen) atoms. The van der Waals surface area contributed by atoms with Gasteiger partial charge < -0.3 is 10.1 Å². The number of hydrogen-bond acceptors (Lipinski definition) is 6. The lowest BCUT2D eigenvalue weighted by molar-refractivity contribution is -0.120. The number of carbonyl (C=O) groups is 1. The van der Waals surface area contributed by atoms with Crippen LogP contribution in [0.5, 0.6) is 5.75 Å². The Hall–Kier alpha value is -2.87. The van der Waals surface area contributed by atoms with Crippen LogP contribution in [0.15, 0.2) is 53.7 Å². The van der Waals surface area contributed by atoms with Crippen LogP contribution in [-0.2, 0) is 11.3 Å². The Morgan fingerprint density at radius 2 is 1.96 bits per heavy atom. The third-order valence-electron chi connectivity index (χ3n) is 4.08. The second-order valence-corrected chi connectivity index (χ2v) is 7.26. The Bertz CT molecular complexity index is 928. The summed E-state index contributed by atoms with van der Waals surface area (Å²) < 4.78 is 6.97. The summed E-state index contributed by atoms with van der Waals surface area (Å²) in [6.07, 6.45) is 0. The molecule has 2 aromatic carbocycles. The number of ether oxygens (including phenoxy) is 1. The normalized spacial score (nSPS) is 11.8. The van der Waals surface area contributed by atoms with Gasteiger partial charge in [0.2, 0.25) is 11.1 Å². The smallest absolute Gasteiger partial charge is 0.233 e. The maximum Gasteiger partial charge on any atom is 0.233 e. The summed E-state index contributed by atoms with van der Waals surface area (Å²) in [5.41, 5.74) is 2.88. The second-order valence-electron chi connectivity index (χ2n) is 5.95. The van der Waals surface area contributed by atoms with Crippen molar-refractivity contribution in [2.45, 2.75) is 30.8 Å². The van der Waals surface area contributed by atoms with Crippen molar-refractivity contribution in [1.82, 2.24) is 25.5 Å². The minimum absolute atomic E-state index is 0.0924. The lowest BCUT2D eigenvalue weighted by Gasteiger charge is -2.13. The van der Waals surface area contributed by atoms with E-state index in [-0.39, 0.29) is 11.2 Å². The van der Waals surface area contributed by atoms with Crippen LogP contribution in [0.25, 0.3) is 5.69 Å². The van der Waals surface area contributed by atoms with E-state index in [9.17, 15) is 4.79 Å². The van der Waals surface area contributed by atoms with Crippen molar-refractivity contribution in [1.29, 1.82) is 0 Å². The van der Waals surface area contributed by atoms with Crippen molar-refractivity contribution >= 4 is 17.7 Å². The van der Waals surface area contributed by atoms with E-state index < -0.39 is 0 Å². The van der Waals surface area contributed by atoms with Crippen LogP contribution >= 0.6 is 11.8 Å². The second kappa shape index (κ2) is 8.68. The molecule has 0 unspecified atom stereocenters. The van der Waals surface area contributed by atoms with E-state index in [0.29, 0.717) is 11.7 Å². The molecule has 1 atom stereocenters. The molecular formula is C19H21N5O2S. The molecule has 3 rings (SSSR count). The molecule has 8 heteroatoms. The van der Waals surface area contributed by atoms with Gasteiger partial charge in [0.15, 0.2) is 0 Å². The number of para-hydroxylation sites is 2. The number of benzene rings is 2. The molecule has 0 spiro atoms. The van der Waals surface area contributed by atoms with Crippen LogP contribution in [0.1, 0.15) is 18.1 Å². The SMILES string of the molecule is COc1ccccc1CNC(=O)[C@@H](C)Sc1nnnn1-c1ccccc1C. The van der Waals surface area contributed by atoms with Crippen molar-refractivity contribution in [3.63, 3.8) is 0 Å². The largest absolute Gasteiger partial charge is 0.496 e. The number of thioether (sulfide) groups is 1. The van der Waals surface area contributed by atoms with E-state index in [2.05, 4.69) is 20.8 Å². The van der Waals surface area contributed by atoms with Crippen molar-refractivity contribution in [3.8, 4) is 11.4 Å². The van der Waals surface area contributed by atoms with Crippen molar-refractivity contribution < 1.29 is 9.53 Å². The molecule has 1 N–H and O–H groups in total. The zero-order valence-corrected chi connectivity index (χ0v) is 16.2. The number of aryl methyl sites for hydroxylation is 1. The van der Waals surface area contributed by atoms with Crippen LogP contribution in [0.2, 0.25) is 0 Å². The van der Waals surface area contributed by atoms with Crippen LogP contribution in [0.4, 0.5) is 0 Å². The predicted molar refractivity (Wildman–Crippen MR) is 104 cm³/mol. The quantitative estimate of drug-likeness (QED) is 0.632. The number of amides is 1. The van der Waals surface area contributed by atoms with Gasteiger partial charge in [-0.2, -0.15) is 4.68 Å². The highest BCUT2D eigenvalue weighted by atomic mass is 32.2. The number of hydrogen-bond donors (Lipinski definition) is 1. The van der Waals surface area contributed by atoms with Gasteiger partial charge in [-0.05, 0) is 42.0 Å². The van der Waals surface area contributed by atoms with E-state index in [0.717, 1.165) is 22.6 Å². The molecular weight excluding hydrogens is 362 g/mol. The van der Waals surface area contributed by atoms with Gasteiger partial charge in [-0.15, -0.1) is 5.10 Å². The minimum Gasteiger partial charge on any atom is -0.496 e. The number of tetrazole rings is 1. The first-order valence-electron chi connectivity index (χ1n) is 8.50. The first-order valence-corrected chi connectivity index (χ1v) is 9.38. The summed E-state index contributed by atoms with van der Waals surface area (Å²) in [6.45, 7) is 4.23. The fraction of sp³-hybridized carbons (Fsp3) is 0.263. The number of nitrogens with zero attached hydrogens (tertiary/aromatic N) is 4. The molecule has 0 bridgehead atoms. The fourth-order valence-electron chi connectivity index (χ4n) is 2.59. The van der Waals surface area contributed by atoms with E-state index in [1.54, 1.807) is 11.8 Å². The van der Waals surface area contributed by atoms with Gasteiger partial charge in [0, 0.05) is 12.1 Å². The molecule has 1 heterocycles. The Kier molecular flexibility index (Phi) is 6.08. The molecule has 0 aliphatic carbocycles. The highest BCUT2D eigenvalue weighted by Crippen LogP contribution is 2.24. The number of methoxy groups -OCH3 is 1. The fourth-order valence-corrected chi connectivity index (χ4v) is 3.42. The van der Waals surface area contributed by atoms with Crippen molar-refractivity contribution in [2.75, 3.05) is 7.11 Å².